The zero-order valence-electron chi connectivity index (χ0n) is 11.7. The largest absolute Gasteiger partial charge is 0.494 e. The van der Waals surface area contributed by atoms with E-state index in [-0.39, 0.29) is 0 Å². The van der Waals surface area contributed by atoms with Crippen LogP contribution in [0.15, 0.2) is 18.2 Å². The molecular weight excluding hydrogens is 226 g/mol. The highest BCUT2D eigenvalue weighted by atomic mass is 16.5. The van der Waals surface area contributed by atoms with Crippen molar-refractivity contribution in [3.8, 4) is 5.75 Å². The molecular formula is C15H25NO2. The number of ether oxygens (including phenoxy) is 2. The Balaban J connectivity index is 2.52. The van der Waals surface area contributed by atoms with Gasteiger partial charge in [-0.15, -0.1) is 0 Å². The summed E-state index contributed by atoms with van der Waals surface area (Å²) in [6.45, 7) is 8.39. The van der Waals surface area contributed by atoms with Crippen LogP contribution in [-0.4, -0.2) is 13.2 Å². The number of hydrogen-bond donors (Lipinski definition) is 1. The molecule has 1 atom stereocenters. The van der Waals surface area contributed by atoms with Crippen molar-refractivity contribution in [3.05, 3.63) is 23.8 Å². The third kappa shape index (κ3) is 4.96. The van der Waals surface area contributed by atoms with Gasteiger partial charge < -0.3 is 15.2 Å². The third-order valence-electron chi connectivity index (χ3n) is 2.83. The van der Waals surface area contributed by atoms with E-state index in [9.17, 15) is 0 Å². The summed E-state index contributed by atoms with van der Waals surface area (Å²) in [6, 6.07) is 5.69. The van der Waals surface area contributed by atoms with Crippen molar-refractivity contribution in [2.45, 2.75) is 40.2 Å². The first kappa shape index (κ1) is 14.8. The number of anilines is 1. The fourth-order valence-electron chi connectivity index (χ4n) is 1.95. The minimum absolute atomic E-state index is 0.564. The van der Waals surface area contributed by atoms with Crippen LogP contribution in [0.25, 0.3) is 0 Å². The van der Waals surface area contributed by atoms with Crippen LogP contribution >= 0.6 is 0 Å². The molecule has 18 heavy (non-hydrogen) atoms. The summed E-state index contributed by atoms with van der Waals surface area (Å²) in [5, 5.41) is 0. The highest BCUT2D eigenvalue weighted by Crippen LogP contribution is 2.22. The lowest BCUT2D eigenvalue weighted by Crippen LogP contribution is -2.07. The van der Waals surface area contributed by atoms with Gasteiger partial charge in [0, 0.05) is 17.9 Å². The van der Waals surface area contributed by atoms with E-state index >= 15 is 0 Å². The number of rotatable bonds is 8. The number of benzene rings is 1. The van der Waals surface area contributed by atoms with Crippen molar-refractivity contribution in [2.24, 2.45) is 5.92 Å². The van der Waals surface area contributed by atoms with Crippen LogP contribution in [0.4, 0.5) is 5.69 Å². The lowest BCUT2D eigenvalue weighted by molar-refractivity contribution is 0.0876. The Hall–Kier alpha value is -1.22. The van der Waals surface area contributed by atoms with Gasteiger partial charge >= 0.3 is 0 Å². The number of nitrogens with two attached hydrogens (primary N) is 1. The molecule has 0 saturated carbocycles. The van der Waals surface area contributed by atoms with E-state index in [1.807, 2.05) is 25.1 Å². The van der Waals surface area contributed by atoms with E-state index in [1.165, 1.54) is 12.8 Å². The molecule has 0 aliphatic carbocycles. The van der Waals surface area contributed by atoms with E-state index in [2.05, 4.69) is 13.8 Å². The molecule has 0 bridgehead atoms. The average Bonchev–Trinajstić information content (AvgIpc) is 2.33. The van der Waals surface area contributed by atoms with Crippen LogP contribution in [0.1, 0.15) is 39.2 Å². The van der Waals surface area contributed by atoms with Gasteiger partial charge in [0.05, 0.1) is 13.2 Å². The summed E-state index contributed by atoms with van der Waals surface area (Å²) < 4.78 is 11.3. The van der Waals surface area contributed by atoms with Gasteiger partial charge in [-0.1, -0.05) is 20.3 Å². The van der Waals surface area contributed by atoms with Crippen LogP contribution in [0.2, 0.25) is 0 Å². The maximum atomic E-state index is 5.79. The van der Waals surface area contributed by atoms with Gasteiger partial charge in [-0.3, -0.25) is 0 Å². The van der Waals surface area contributed by atoms with E-state index in [1.54, 1.807) is 0 Å². The van der Waals surface area contributed by atoms with Crippen molar-refractivity contribution >= 4 is 5.69 Å². The van der Waals surface area contributed by atoms with Gasteiger partial charge in [0.15, 0.2) is 0 Å². The van der Waals surface area contributed by atoms with Gasteiger partial charge in [0.25, 0.3) is 0 Å². The molecule has 0 spiro atoms. The lowest BCUT2D eigenvalue weighted by Gasteiger charge is -2.14. The number of nitrogen functional groups attached to an aromatic ring is 1. The van der Waals surface area contributed by atoms with Crippen molar-refractivity contribution in [2.75, 3.05) is 18.9 Å². The Morgan fingerprint density at radius 2 is 2.06 bits per heavy atom. The predicted molar refractivity (Wildman–Crippen MR) is 75.8 cm³/mol. The molecule has 1 aromatic carbocycles. The van der Waals surface area contributed by atoms with Crippen LogP contribution in [0.5, 0.6) is 5.75 Å². The van der Waals surface area contributed by atoms with Crippen LogP contribution < -0.4 is 10.5 Å². The summed E-state index contributed by atoms with van der Waals surface area (Å²) in [5.41, 5.74) is 7.57. The van der Waals surface area contributed by atoms with Crippen LogP contribution in [-0.2, 0) is 11.3 Å². The molecule has 0 heterocycles. The summed E-state index contributed by atoms with van der Waals surface area (Å²) in [6.07, 6.45) is 2.41. The minimum Gasteiger partial charge on any atom is -0.494 e. The highest BCUT2D eigenvalue weighted by molar-refractivity contribution is 5.47. The monoisotopic (exact) mass is 251 g/mol. The minimum atomic E-state index is 0.564. The smallest absolute Gasteiger partial charge is 0.124 e. The Morgan fingerprint density at radius 1 is 1.28 bits per heavy atom. The Kier molecular flexibility index (Phi) is 6.58. The van der Waals surface area contributed by atoms with E-state index in [0.29, 0.717) is 19.1 Å². The molecule has 2 N–H and O–H groups in total. The van der Waals surface area contributed by atoms with Crippen LogP contribution in [0, 0.1) is 5.92 Å². The zero-order chi connectivity index (χ0) is 13.4. The third-order valence-corrected chi connectivity index (χ3v) is 2.83. The Morgan fingerprint density at radius 3 is 2.72 bits per heavy atom. The molecule has 0 saturated heterocycles. The maximum Gasteiger partial charge on any atom is 0.124 e. The molecule has 0 radical (unpaired) electrons. The van der Waals surface area contributed by atoms with Gasteiger partial charge in [0.2, 0.25) is 0 Å². The van der Waals surface area contributed by atoms with Crippen molar-refractivity contribution in [3.63, 3.8) is 0 Å². The SMILES string of the molecule is CCCC(C)COCc1cc(N)ccc1OCC. The van der Waals surface area contributed by atoms with Gasteiger partial charge in [-0.25, -0.2) is 0 Å². The average molecular weight is 251 g/mol. The quantitative estimate of drug-likeness (QED) is 0.718. The number of hydrogen-bond acceptors (Lipinski definition) is 3. The standard InChI is InChI=1S/C15H25NO2/c1-4-6-12(3)10-17-11-13-9-14(16)7-8-15(13)18-5-2/h7-9,12H,4-6,10-11,16H2,1-3H3. The second-order valence-corrected chi connectivity index (χ2v) is 4.71. The second kappa shape index (κ2) is 7.98. The highest BCUT2D eigenvalue weighted by Gasteiger charge is 2.06. The van der Waals surface area contributed by atoms with Crippen molar-refractivity contribution in [1.29, 1.82) is 0 Å². The van der Waals surface area contributed by atoms with Gasteiger partial charge in [-0.05, 0) is 37.5 Å². The molecule has 0 aliphatic rings. The fraction of sp³-hybridized carbons (Fsp3) is 0.600. The topological polar surface area (TPSA) is 44.5 Å². The second-order valence-electron chi connectivity index (χ2n) is 4.71. The van der Waals surface area contributed by atoms with Crippen molar-refractivity contribution < 1.29 is 9.47 Å². The molecule has 0 aliphatic heterocycles. The zero-order valence-corrected chi connectivity index (χ0v) is 11.7. The van der Waals surface area contributed by atoms with E-state index in [4.69, 9.17) is 15.2 Å². The first-order chi connectivity index (χ1) is 8.67. The first-order valence-corrected chi connectivity index (χ1v) is 6.76. The predicted octanol–water partition coefficient (Wildman–Crippen LogP) is 3.62. The van der Waals surface area contributed by atoms with Crippen molar-refractivity contribution in [1.82, 2.24) is 0 Å². The molecule has 1 aromatic rings. The maximum absolute atomic E-state index is 5.79. The van der Waals surface area contributed by atoms with E-state index < -0.39 is 0 Å². The summed E-state index contributed by atoms with van der Waals surface area (Å²) in [5.74, 6) is 1.47. The molecule has 1 rings (SSSR count). The molecule has 102 valence electrons. The molecule has 3 nitrogen and oxygen atoms in total. The van der Waals surface area contributed by atoms with Gasteiger partial charge in [0.1, 0.15) is 5.75 Å². The fourth-order valence-corrected chi connectivity index (χ4v) is 1.95. The summed E-state index contributed by atoms with van der Waals surface area (Å²) >= 11 is 0. The molecule has 0 aromatic heterocycles. The Labute approximate surface area is 110 Å². The normalized spacial score (nSPS) is 12.4. The first-order valence-electron chi connectivity index (χ1n) is 6.76. The van der Waals surface area contributed by atoms with Gasteiger partial charge in [-0.2, -0.15) is 0 Å². The van der Waals surface area contributed by atoms with E-state index in [0.717, 1.165) is 23.6 Å². The summed E-state index contributed by atoms with van der Waals surface area (Å²) in [7, 11) is 0. The Bertz CT molecular complexity index is 352. The van der Waals surface area contributed by atoms with Crippen LogP contribution in [0.3, 0.4) is 0 Å². The lowest BCUT2D eigenvalue weighted by atomic mass is 10.1. The molecule has 0 amide bonds. The molecule has 1 unspecified atom stereocenters. The molecule has 0 fully saturated rings. The molecule has 3 heteroatoms. The summed E-state index contributed by atoms with van der Waals surface area (Å²) in [4.78, 5) is 0.